The van der Waals surface area contributed by atoms with Crippen molar-refractivity contribution < 1.29 is 14.5 Å². The highest BCUT2D eigenvalue weighted by molar-refractivity contribution is 7.99. The number of anilines is 2. The fraction of sp³-hybridized carbons (Fsp3) is 0.462. The van der Waals surface area contributed by atoms with Gasteiger partial charge in [0.05, 0.1) is 16.7 Å². The number of carbonyl (C=O) groups excluding carboxylic acids is 1. The number of nitro benzene ring substituents is 1. The number of ether oxygens (including phenoxy) is 1. The molecule has 1 heterocycles. The minimum Gasteiger partial charge on any atom is -0.481 e. The quantitative estimate of drug-likeness (QED) is 0.641. The number of nitrogens with zero attached hydrogens (tertiary/aromatic N) is 1. The van der Waals surface area contributed by atoms with Gasteiger partial charge in [0, 0.05) is 11.3 Å². The normalized spacial score (nSPS) is 14.0. The number of nitro groups is 1. The second-order valence-corrected chi connectivity index (χ2v) is 6.79. The summed E-state index contributed by atoms with van der Waals surface area (Å²) in [5, 5.41) is 16.9. The molecule has 1 aromatic rings. The number of benzene rings is 1. The van der Waals surface area contributed by atoms with Crippen LogP contribution in [0.5, 0.6) is 5.75 Å². The van der Waals surface area contributed by atoms with Crippen LogP contribution in [0.15, 0.2) is 12.1 Å². The molecular formula is C13H17N3O4S. The summed E-state index contributed by atoms with van der Waals surface area (Å²) in [5.41, 5.74) is 0.745. The van der Waals surface area contributed by atoms with Crippen molar-refractivity contribution in [2.24, 2.45) is 0 Å². The zero-order chi connectivity index (χ0) is 15.6. The highest BCUT2D eigenvalue weighted by atomic mass is 32.2. The van der Waals surface area contributed by atoms with E-state index in [0.29, 0.717) is 23.7 Å². The topological polar surface area (TPSA) is 93.5 Å². The zero-order valence-corrected chi connectivity index (χ0v) is 12.9. The van der Waals surface area contributed by atoms with E-state index in [4.69, 9.17) is 4.74 Å². The Morgan fingerprint density at radius 2 is 2.24 bits per heavy atom. The van der Waals surface area contributed by atoms with Gasteiger partial charge in [-0.3, -0.25) is 14.9 Å². The second kappa shape index (κ2) is 5.80. The van der Waals surface area contributed by atoms with Crippen LogP contribution >= 0.6 is 11.8 Å². The Labute approximate surface area is 126 Å². The molecule has 0 bridgehead atoms. The monoisotopic (exact) mass is 311 g/mol. The van der Waals surface area contributed by atoms with Crippen LogP contribution in [0.2, 0.25) is 0 Å². The van der Waals surface area contributed by atoms with Crippen LogP contribution in [-0.2, 0) is 4.79 Å². The van der Waals surface area contributed by atoms with Gasteiger partial charge < -0.3 is 15.4 Å². The summed E-state index contributed by atoms with van der Waals surface area (Å²) in [5.74, 6) is 0.0442. The maximum atomic E-state index is 11.3. The van der Waals surface area contributed by atoms with E-state index in [0.717, 1.165) is 0 Å². The zero-order valence-electron chi connectivity index (χ0n) is 12.1. The van der Waals surface area contributed by atoms with E-state index >= 15 is 0 Å². The van der Waals surface area contributed by atoms with E-state index in [1.165, 1.54) is 6.07 Å². The molecule has 7 nitrogen and oxygen atoms in total. The van der Waals surface area contributed by atoms with E-state index in [2.05, 4.69) is 10.6 Å². The lowest BCUT2D eigenvalue weighted by molar-refractivity contribution is -0.384. The first kappa shape index (κ1) is 15.4. The van der Waals surface area contributed by atoms with Crippen molar-refractivity contribution in [3.8, 4) is 5.75 Å². The van der Waals surface area contributed by atoms with Gasteiger partial charge in [0.1, 0.15) is 5.69 Å². The lowest BCUT2D eigenvalue weighted by Crippen LogP contribution is -2.27. The number of fused-ring (bicyclic) bond motifs is 1. The van der Waals surface area contributed by atoms with Crippen molar-refractivity contribution in [2.75, 3.05) is 30.0 Å². The molecule has 2 rings (SSSR count). The molecule has 0 aromatic heterocycles. The van der Waals surface area contributed by atoms with Crippen molar-refractivity contribution in [3.63, 3.8) is 0 Å². The SMILES string of the molecule is CSC(C)(C)CNc1cc2c(cc1[N+](=O)[O-])OCC(=O)N2. The number of thioether (sulfide) groups is 1. The minimum atomic E-state index is -0.464. The Morgan fingerprint density at radius 1 is 1.52 bits per heavy atom. The molecule has 1 aromatic carbocycles. The van der Waals surface area contributed by atoms with Crippen molar-refractivity contribution in [1.82, 2.24) is 0 Å². The summed E-state index contributed by atoms with van der Waals surface area (Å²) in [6, 6.07) is 2.88. The molecule has 0 saturated carbocycles. The summed E-state index contributed by atoms with van der Waals surface area (Å²) in [6.07, 6.45) is 1.98. The van der Waals surface area contributed by atoms with Crippen LogP contribution in [0.1, 0.15) is 13.8 Å². The number of nitrogens with one attached hydrogen (secondary N) is 2. The number of hydrogen-bond donors (Lipinski definition) is 2. The first-order chi connectivity index (χ1) is 9.82. The first-order valence-electron chi connectivity index (χ1n) is 6.36. The Bertz CT molecular complexity index is 589. The predicted octanol–water partition coefficient (Wildman–Crippen LogP) is 2.48. The smallest absolute Gasteiger partial charge is 0.296 e. The second-order valence-electron chi connectivity index (χ2n) is 5.28. The third-order valence-electron chi connectivity index (χ3n) is 3.18. The molecular weight excluding hydrogens is 294 g/mol. The van der Waals surface area contributed by atoms with Gasteiger partial charge in [-0.1, -0.05) is 0 Å². The number of hydrogen-bond acceptors (Lipinski definition) is 6. The highest BCUT2D eigenvalue weighted by Crippen LogP contribution is 2.38. The van der Waals surface area contributed by atoms with Crippen LogP contribution in [0.3, 0.4) is 0 Å². The molecule has 1 amide bonds. The first-order valence-corrected chi connectivity index (χ1v) is 7.59. The third-order valence-corrected chi connectivity index (χ3v) is 4.43. The molecule has 0 aliphatic carbocycles. The third kappa shape index (κ3) is 3.57. The lowest BCUT2D eigenvalue weighted by atomic mass is 10.1. The maximum Gasteiger partial charge on any atom is 0.296 e. The molecule has 0 spiro atoms. The van der Waals surface area contributed by atoms with Gasteiger partial charge in [-0.2, -0.15) is 11.8 Å². The Balaban J connectivity index is 2.32. The van der Waals surface area contributed by atoms with Crippen LogP contribution in [0.4, 0.5) is 17.1 Å². The molecule has 1 aliphatic rings. The molecule has 0 atom stereocenters. The van der Waals surface area contributed by atoms with Crippen LogP contribution in [0, 0.1) is 10.1 Å². The van der Waals surface area contributed by atoms with E-state index < -0.39 is 4.92 Å². The highest BCUT2D eigenvalue weighted by Gasteiger charge is 2.25. The van der Waals surface area contributed by atoms with Gasteiger partial charge in [-0.25, -0.2) is 0 Å². The molecule has 0 radical (unpaired) electrons. The fourth-order valence-electron chi connectivity index (χ4n) is 1.79. The lowest BCUT2D eigenvalue weighted by Gasteiger charge is -2.24. The molecule has 0 unspecified atom stereocenters. The average molecular weight is 311 g/mol. The number of carbonyl (C=O) groups is 1. The molecule has 1 aliphatic heterocycles. The molecule has 21 heavy (non-hydrogen) atoms. The van der Waals surface area contributed by atoms with E-state index in [9.17, 15) is 14.9 Å². The average Bonchev–Trinajstić information content (AvgIpc) is 2.44. The number of rotatable bonds is 5. The largest absolute Gasteiger partial charge is 0.481 e. The molecule has 114 valence electrons. The summed E-state index contributed by atoms with van der Waals surface area (Å²) < 4.78 is 5.13. The van der Waals surface area contributed by atoms with Gasteiger partial charge in [0.2, 0.25) is 0 Å². The van der Waals surface area contributed by atoms with Gasteiger partial charge >= 0.3 is 0 Å². The Kier molecular flexibility index (Phi) is 4.26. The molecule has 2 N–H and O–H groups in total. The minimum absolute atomic E-state index is 0.0660. The Morgan fingerprint density at radius 3 is 2.86 bits per heavy atom. The summed E-state index contributed by atoms with van der Waals surface area (Å²) in [7, 11) is 0. The standard InChI is InChI=1S/C13H17N3O4S/c1-13(2,21-3)7-14-8-4-9-11(5-10(8)16(18)19)20-6-12(17)15-9/h4-5,14H,6-7H2,1-3H3,(H,15,17). The molecule has 8 heteroatoms. The Hall–Kier alpha value is -1.96. The van der Waals surface area contributed by atoms with Crippen molar-refractivity contribution >= 4 is 34.7 Å². The van der Waals surface area contributed by atoms with Gasteiger partial charge in [-0.15, -0.1) is 0 Å². The van der Waals surface area contributed by atoms with E-state index in [-0.39, 0.29) is 22.9 Å². The molecule has 0 saturated heterocycles. The van der Waals surface area contributed by atoms with Crippen molar-refractivity contribution in [3.05, 3.63) is 22.2 Å². The predicted molar refractivity (Wildman–Crippen MR) is 83.3 cm³/mol. The van der Waals surface area contributed by atoms with Gasteiger partial charge in [0.15, 0.2) is 12.4 Å². The maximum absolute atomic E-state index is 11.3. The van der Waals surface area contributed by atoms with Crippen molar-refractivity contribution in [2.45, 2.75) is 18.6 Å². The van der Waals surface area contributed by atoms with E-state index in [1.54, 1.807) is 17.8 Å². The fourth-order valence-corrected chi connectivity index (χ4v) is 2.01. The van der Waals surface area contributed by atoms with Crippen LogP contribution in [0.25, 0.3) is 0 Å². The van der Waals surface area contributed by atoms with Crippen LogP contribution < -0.4 is 15.4 Å². The van der Waals surface area contributed by atoms with Crippen molar-refractivity contribution in [1.29, 1.82) is 0 Å². The molecule has 0 fully saturated rings. The number of amides is 1. The summed E-state index contributed by atoms with van der Waals surface area (Å²) in [6.45, 7) is 4.51. The van der Waals surface area contributed by atoms with Gasteiger partial charge in [0.25, 0.3) is 11.6 Å². The van der Waals surface area contributed by atoms with Crippen LogP contribution in [-0.4, -0.2) is 35.0 Å². The van der Waals surface area contributed by atoms with E-state index in [1.807, 2.05) is 20.1 Å². The summed E-state index contributed by atoms with van der Waals surface area (Å²) in [4.78, 5) is 22.0. The summed E-state index contributed by atoms with van der Waals surface area (Å²) >= 11 is 1.66. The van der Waals surface area contributed by atoms with Gasteiger partial charge in [-0.05, 0) is 26.2 Å².